The van der Waals surface area contributed by atoms with Crippen LogP contribution in [0, 0.1) is 0 Å². The summed E-state index contributed by atoms with van der Waals surface area (Å²) in [6, 6.07) is 2.93. The van der Waals surface area contributed by atoms with Crippen LogP contribution in [0.3, 0.4) is 0 Å². The number of para-hydroxylation sites is 1. The molecule has 0 fully saturated rings. The molecular formula is C20H26N6O7. The van der Waals surface area contributed by atoms with E-state index in [0.29, 0.717) is 5.56 Å². The molecule has 0 aliphatic carbocycles. The SMILES string of the molecule is NCC(=O)NC(Cc1c[nH]c2ccccc12)C(=O)NC(CC(N)=O)C(=O)NC(CO)C(=O)O. The van der Waals surface area contributed by atoms with Crippen LogP contribution in [0.2, 0.25) is 0 Å². The first kappa shape index (κ1) is 25.3. The van der Waals surface area contributed by atoms with Gasteiger partial charge < -0.3 is 42.6 Å². The van der Waals surface area contributed by atoms with E-state index in [1.165, 1.54) is 0 Å². The molecule has 0 saturated carbocycles. The van der Waals surface area contributed by atoms with Gasteiger partial charge in [0.25, 0.3) is 0 Å². The fourth-order valence-electron chi connectivity index (χ4n) is 3.12. The fraction of sp³-hybridized carbons (Fsp3) is 0.350. The Morgan fingerprint density at radius 3 is 2.21 bits per heavy atom. The van der Waals surface area contributed by atoms with E-state index in [0.717, 1.165) is 10.9 Å². The Balaban J connectivity index is 2.24. The van der Waals surface area contributed by atoms with Crippen LogP contribution < -0.4 is 27.4 Å². The predicted molar refractivity (Wildman–Crippen MR) is 115 cm³/mol. The fourth-order valence-corrected chi connectivity index (χ4v) is 3.12. The molecule has 13 heteroatoms. The van der Waals surface area contributed by atoms with Crippen LogP contribution in [0.5, 0.6) is 0 Å². The number of nitrogens with one attached hydrogen (secondary N) is 4. The number of aliphatic hydroxyl groups excluding tert-OH is 1. The summed E-state index contributed by atoms with van der Waals surface area (Å²) in [5, 5.41) is 25.7. The van der Waals surface area contributed by atoms with Crippen molar-refractivity contribution in [1.82, 2.24) is 20.9 Å². The average Bonchev–Trinajstić information content (AvgIpc) is 3.18. The van der Waals surface area contributed by atoms with Gasteiger partial charge in [-0.25, -0.2) is 4.79 Å². The van der Waals surface area contributed by atoms with E-state index in [-0.39, 0.29) is 13.0 Å². The number of amides is 4. The van der Waals surface area contributed by atoms with E-state index in [4.69, 9.17) is 21.7 Å². The van der Waals surface area contributed by atoms with Crippen molar-refractivity contribution < 1.29 is 34.2 Å². The maximum atomic E-state index is 13.0. The number of carbonyl (C=O) groups excluding carboxylic acids is 4. The lowest BCUT2D eigenvalue weighted by atomic mass is 10.0. The van der Waals surface area contributed by atoms with E-state index in [1.807, 2.05) is 23.5 Å². The lowest BCUT2D eigenvalue weighted by Gasteiger charge is -2.23. The molecule has 2 aromatic rings. The Bertz CT molecular complexity index is 1040. The van der Waals surface area contributed by atoms with E-state index in [2.05, 4.69) is 15.6 Å². The average molecular weight is 462 g/mol. The molecule has 0 saturated heterocycles. The third-order valence-electron chi connectivity index (χ3n) is 4.77. The third kappa shape index (κ3) is 7.02. The highest BCUT2D eigenvalue weighted by molar-refractivity contribution is 5.96. The molecule has 10 N–H and O–H groups in total. The van der Waals surface area contributed by atoms with Crippen LogP contribution in [-0.2, 0) is 30.4 Å². The number of H-pyrrole nitrogens is 1. The number of aromatic nitrogens is 1. The lowest BCUT2D eigenvalue weighted by Crippen LogP contribution is -2.57. The normalized spacial score (nSPS) is 13.5. The second kappa shape index (κ2) is 11.6. The molecule has 1 heterocycles. The van der Waals surface area contributed by atoms with Gasteiger partial charge in [0.05, 0.1) is 19.6 Å². The van der Waals surface area contributed by atoms with Crippen LogP contribution in [0.25, 0.3) is 10.9 Å². The first-order chi connectivity index (χ1) is 15.7. The molecule has 0 aliphatic heterocycles. The molecule has 33 heavy (non-hydrogen) atoms. The van der Waals surface area contributed by atoms with Crippen molar-refractivity contribution in [2.24, 2.45) is 11.5 Å². The Kier molecular flexibility index (Phi) is 8.89. The number of carboxylic acid groups (broad SMARTS) is 1. The number of carbonyl (C=O) groups is 5. The maximum absolute atomic E-state index is 13.0. The van der Waals surface area contributed by atoms with Crippen molar-refractivity contribution in [3.05, 3.63) is 36.0 Å². The minimum atomic E-state index is -1.65. The largest absolute Gasteiger partial charge is 0.480 e. The maximum Gasteiger partial charge on any atom is 0.328 e. The molecule has 0 spiro atoms. The topological polar surface area (TPSA) is 230 Å². The molecule has 3 atom stereocenters. The Labute approximate surface area is 187 Å². The molecule has 3 unspecified atom stereocenters. The van der Waals surface area contributed by atoms with Crippen LogP contribution >= 0.6 is 0 Å². The van der Waals surface area contributed by atoms with Gasteiger partial charge in [0.1, 0.15) is 18.1 Å². The molecule has 0 bridgehead atoms. The summed E-state index contributed by atoms with van der Waals surface area (Å²) in [6.45, 7) is -1.30. The van der Waals surface area contributed by atoms with E-state index >= 15 is 0 Å². The zero-order valence-corrected chi connectivity index (χ0v) is 17.5. The molecule has 2 rings (SSSR count). The van der Waals surface area contributed by atoms with Gasteiger partial charge in [-0.3, -0.25) is 19.2 Å². The molecule has 0 aliphatic rings. The zero-order valence-electron chi connectivity index (χ0n) is 17.5. The van der Waals surface area contributed by atoms with Crippen LogP contribution in [-0.4, -0.2) is 76.1 Å². The van der Waals surface area contributed by atoms with E-state index in [1.54, 1.807) is 12.3 Å². The smallest absolute Gasteiger partial charge is 0.328 e. The van der Waals surface area contributed by atoms with Gasteiger partial charge in [0, 0.05) is 23.5 Å². The summed E-state index contributed by atoms with van der Waals surface area (Å²) >= 11 is 0. The molecule has 4 amide bonds. The second-order valence-corrected chi connectivity index (χ2v) is 7.20. The summed E-state index contributed by atoms with van der Waals surface area (Å²) in [5.41, 5.74) is 12.0. The monoisotopic (exact) mass is 462 g/mol. The summed E-state index contributed by atoms with van der Waals surface area (Å²) in [7, 11) is 0. The van der Waals surface area contributed by atoms with Crippen LogP contribution in [0.15, 0.2) is 30.5 Å². The van der Waals surface area contributed by atoms with Crippen molar-refractivity contribution in [2.45, 2.75) is 31.0 Å². The molecule has 0 radical (unpaired) electrons. The Morgan fingerprint density at radius 1 is 0.970 bits per heavy atom. The van der Waals surface area contributed by atoms with E-state index < -0.39 is 60.8 Å². The van der Waals surface area contributed by atoms with Gasteiger partial charge in [0.15, 0.2) is 0 Å². The molecular weight excluding hydrogens is 436 g/mol. The van der Waals surface area contributed by atoms with Crippen molar-refractivity contribution >= 4 is 40.5 Å². The van der Waals surface area contributed by atoms with Gasteiger partial charge >= 0.3 is 5.97 Å². The number of nitrogens with two attached hydrogens (primary N) is 2. The Hall–Kier alpha value is -3.97. The lowest BCUT2D eigenvalue weighted by molar-refractivity contribution is -0.143. The summed E-state index contributed by atoms with van der Waals surface area (Å²) < 4.78 is 0. The van der Waals surface area contributed by atoms with Gasteiger partial charge in [-0.2, -0.15) is 0 Å². The number of aromatic amines is 1. The number of carboxylic acids is 1. The van der Waals surface area contributed by atoms with Crippen LogP contribution in [0.4, 0.5) is 0 Å². The molecule has 178 valence electrons. The van der Waals surface area contributed by atoms with Gasteiger partial charge in [-0.1, -0.05) is 18.2 Å². The van der Waals surface area contributed by atoms with Crippen LogP contribution in [0.1, 0.15) is 12.0 Å². The first-order valence-electron chi connectivity index (χ1n) is 9.93. The highest BCUT2D eigenvalue weighted by Crippen LogP contribution is 2.19. The number of benzene rings is 1. The summed E-state index contributed by atoms with van der Waals surface area (Å²) in [6.07, 6.45) is 1.06. The zero-order chi connectivity index (χ0) is 24.5. The van der Waals surface area contributed by atoms with Gasteiger partial charge in [-0.05, 0) is 11.6 Å². The molecule has 13 nitrogen and oxygen atoms in total. The number of primary amides is 1. The van der Waals surface area contributed by atoms with Gasteiger partial charge in [-0.15, -0.1) is 0 Å². The number of aliphatic hydroxyl groups is 1. The number of aliphatic carboxylic acids is 1. The summed E-state index contributed by atoms with van der Waals surface area (Å²) in [4.78, 5) is 62.9. The highest BCUT2D eigenvalue weighted by Gasteiger charge is 2.30. The Morgan fingerprint density at radius 2 is 1.61 bits per heavy atom. The third-order valence-corrected chi connectivity index (χ3v) is 4.77. The molecule has 1 aromatic heterocycles. The minimum Gasteiger partial charge on any atom is -0.480 e. The molecule has 1 aromatic carbocycles. The number of hydrogen-bond acceptors (Lipinski definition) is 7. The number of hydrogen-bond donors (Lipinski definition) is 8. The van der Waals surface area contributed by atoms with Crippen molar-refractivity contribution in [3.8, 4) is 0 Å². The van der Waals surface area contributed by atoms with Crippen molar-refractivity contribution in [3.63, 3.8) is 0 Å². The number of fused-ring (bicyclic) bond motifs is 1. The highest BCUT2D eigenvalue weighted by atomic mass is 16.4. The summed E-state index contributed by atoms with van der Waals surface area (Å²) in [5.74, 6) is -4.94. The van der Waals surface area contributed by atoms with Gasteiger partial charge in [0.2, 0.25) is 23.6 Å². The standard InChI is InChI=1S/C20H26N6O7/c21-7-17(29)24-13(5-10-8-23-12-4-2-1-3-11(10)12)18(30)25-14(6-16(22)28)19(31)26-15(9-27)20(32)33/h1-4,8,13-15,23,27H,5-7,9,21H2,(H2,22,28)(H,24,29)(H,25,30)(H,26,31)(H,32,33). The van der Waals surface area contributed by atoms with Crippen molar-refractivity contribution in [2.75, 3.05) is 13.2 Å². The number of rotatable bonds is 12. The predicted octanol–water partition coefficient (Wildman–Crippen LogP) is -2.92. The minimum absolute atomic E-state index is 0.0287. The quantitative estimate of drug-likeness (QED) is 0.162. The van der Waals surface area contributed by atoms with Crippen molar-refractivity contribution in [1.29, 1.82) is 0 Å². The first-order valence-corrected chi connectivity index (χ1v) is 9.93. The second-order valence-electron chi connectivity index (χ2n) is 7.20. The van der Waals surface area contributed by atoms with E-state index in [9.17, 15) is 24.0 Å².